The van der Waals surface area contributed by atoms with Crippen LogP contribution in [0.15, 0.2) is 42.5 Å². The molecular weight excluding hydrogens is 366 g/mol. The lowest BCUT2D eigenvalue weighted by atomic mass is 10.1. The van der Waals surface area contributed by atoms with E-state index < -0.39 is 5.97 Å². The fourth-order valence-electron chi connectivity index (χ4n) is 2.58. The molecule has 7 heteroatoms. The average Bonchev–Trinajstić information content (AvgIpc) is 2.98. The summed E-state index contributed by atoms with van der Waals surface area (Å²) in [4.78, 5) is 28.8. The maximum absolute atomic E-state index is 12.4. The first kappa shape index (κ1) is 18.8. The monoisotopic (exact) mass is 383 g/mol. The van der Waals surface area contributed by atoms with Crippen molar-refractivity contribution < 1.29 is 14.3 Å². The van der Waals surface area contributed by atoms with Gasteiger partial charge in [-0.3, -0.25) is 4.79 Å². The Morgan fingerprint density at radius 2 is 1.78 bits per heavy atom. The van der Waals surface area contributed by atoms with Gasteiger partial charge in [0.2, 0.25) is 0 Å². The zero-order chi connectivity index (χ0) is 19.6. The van der Waals surface area contributed by atoms with Crippen molar-refractivity contribution in [2.45, 2.75) is 20.8 Å². The van der Waals surface area contributed by atoms with E-state index in [9.17, 15) is 9.59 Å². The average molecular weight is 384 g/mol. The molecule has 0 N–H and O–H groups in total. The minimum Gasteiger partial charge on any atom is -0.453 e. The molecule has 2 heterocycles. The van der Waals surface area contributed by atoms with E-state index in [1.165, 1.54) is 0 Å². The molecule has 3 aromatic rings. The van der Waals surface area contributed by atoms with Gasteiger partial charge in [0, 0.05) is 11.3 Å². The highest BCUT2D eigenvalue weighted by Crippen LogP contribution is 2.19. The van der Waals surface area contributed by atoms with E-state index in [1.54, 1.807) is 28.9 Å². The molecule has 0 radical (unpaired) electrons. The minimum atomic E-state index is -0.760. The van der Waals surface area contributed by atoms with Crippen LogP contribution in [-0.2, 0) is 4.74 Å². The highest BCUT2D eigenvalue weighted by Gasteiger charge is 2.18. The lowest BCUT2D eigenvalue weighted by molar-refractivity contribution is 0.0469. The van der Waals surface area contributed by atoms with Gasteiger partial charge in [-0.15, -0.1) is 0 Å². The number of halogens is 1. The van der Waals surface area contributed by atoms with Crippen molar-refractivity contribution in [2.24, 2.45) is 0 Å². The van der Waals surface area contributed by atoms with E-state index in [1.807, 2.05) is 39.0 Å². The number of aromatic nitrogens is 3. The van der Waals surface area contributed by atoms with Gasteiger partial charge in [-0.05, 0) is 39.0 Å². The van der Waals surface area contributed by atoms with Crippen molar-refractivity contribution in [2.75, 3.05) is 6.61 Å². The number of rotatable bonds is 5. The number of carbonyl (C=O) groups is 2. The molecule has 138 valence electrons. The summed E-state index contributed by atoms with van der Waals surface area (Å²) in [5, 5.41) is 4.48. The Kier molecular flexibility index (Phi) is 5.37. The highest BCUT2D eigenvalue weighted by molar-refractivity contribution is 6.33. The Bertz CT molecular complexity index is 1010. The molecule has 0 aliphatic heterocycles. The quantitative estimate of drug-likeness (QED) is 0.493. The fourth-order valence-corrected chi connectivity index (χ4v) is 2.76. The van der Waals surface area contributed by atoms with Crippen LogP contribution in [0, 0.1) is 20.8 Å². The molecule has 27 heavy (non-hydrogen) atoms. The van der Waals surface area contributed by atoms with Crippen LogP contribution in [-0.4, -0.2) is 33.1 Å². The van der Waals surface area contributed by atoms with Gasteiger partial charge >= 0.3 is 5.97 Å². The third-order valence-electron chi connectivity index (χ3n) is 3.96. The number of ether oxygens (including phenoxy) is 1. The highest BCUT2D eigenvalue weighted by atomic mass is 35.5. The van der Waals surface area contributed by atoms with Gasteiger partial charge in [0.15, 0.2) is 23.9 Å². The van der Waals surface area contributed by atoms with Crippen LogP contribution in [0.2, 0.25) is 5.02 Å². The number of benzene rings is 1. The normalized spacial score (nSPS) is 10.7. The molecular formula is C20H18ClN3O3. The predicted octanol–water partition coefficient (Wildman–Crippen LogP) is 3.89. The summed E-state index contributed by atoms with van der Waals surface area (Å²) >= 11 is 6.10. The number of Topliss-reactive ketones (excluding diaryl/α,β-unsaturated/α-hetero) is 1. The summed E-state index contributed by atoms with van der Waals surface area (Å²) in [5.74, 6) is -0.611. The largest absolute Gasteiger partial charge is 0.453 e. The van der Waals surface area contributed by atoms with Crippen LogP contribution in [0.1, 0.15) is 37.8 Å². The molecule has 0 atom stereocenters. The Morgan fingerprint density at radius 1 is 1.07 bits per heavy atom. The fraction of sp³-hybridized carbons (Fsp3) is 0.200. The molecule has 0 unspecified atom stereocenters. The number of hydrogen-bond acceptors (Lipinski definition) is 5. The molecule has 0 bridgehead atoms. The van der Waals surface area contributed by atoms with E-state index >= 15 is 0 Å². The second kappa shape index (κ2) is 7.72. The smallest absolute Gasteiger partial charge is 0.359 e. The third-order valence-corrected chi connectivity index (χ3v) is 4.26. The van der Waals surface area contributed by atoms with Crippen molar-refractivity contribution >= 4 is 23.4 Å². The van der Waals surface area contributed by atoms with Crippen LogP contribution in [0.5, 0.6) is 0 Å². The van der Waals surface area contributed by atoms with Gasteiger partial charge in [-0.1, -0.05) is 41.4 Å². The number of pyridine rings is 1. The van der Waals surface area contributed by atoms with Gasteiger partial charge in [-0.2, -0.15) is 5.10 Å². The molecule has 1 aromatic carbocycles. The van der Waals surface area contributed by atoms with Crippen molar-refractivity contribution in [1.82, 2.24) is 14.8 Å². The molecule has 0 amide bonds. The number of carbonyl (C=O) groups excluding carboxylic acids is 2. The van der Waals surface area contributed by atoms with E-state index in [4.69, 9.17) is 16.3 Å². The topological polar surface area (TPSA) is 74.1 Å². The number of nitrogens with zero attached hydrogens (tertiary/aromatic N) is 3. The zero-order valence-electron chi connectivity index (χ0n) is 15.2. The second-order valence-electron chi connectivity index (χ2n) is 6.20. The Hall–Kier alpha value is -2.99. The van der Waals surface area contributed by atoms with Crippen LogP contribution in [0.3, 0.4) is 0 Å². The molecule has 2 aromatic heterocycles. The predicted molar refractivity (Wildman–Crippen MR) is 102 cm³/mol. The summed E-state index contributed by atoms with van der Waals surface area (Å²) in [6, 6.07) is 12.2. The van der Waals surface area contributed by atoms with E-state index in [0.717, 1.165) is 17.0 Å². The maximum Gasteiger partial charge on any atom is 0.359 e. The Balaban J connectivity index is 1.76. The van der Waals surface area contributed by atoms with E-state index in [0.29, 0.717) is 11.4 Å². The van der Waals surface area contributed by atoms with Crippen molar-refractivity contribution in [1.29, 1.82) is 0 Å². The number of ketones is 1. The van der Waals surface area contributed by atoms with Crippen LogP contribution >= 0.6 is 11.6 Å². The molecule has 0 spiro atoms. The number of aryl methyl sites for hydroxylation is 3. The maximum atomic E-state index is 12.4. The Morgan fingerprint density at radius 3 is 2.41 bits per heavy atom. The molecule has 0 saturated heterocycles. The molecule has 0 aliphatic carbocycles. The number of esters is 1. The first-order valence-electron chi connectivity index (χ1n) is 8.32. The van der Waals surface area contributed by atoms with Crippen molar-refractivity contribution in [3.63, 3.8) is 0 Å². The van der Waals surface area contributed by atoms with Crippen molar-refractivity contribution in [3.8, 4) is 5.82 Å². The van der Waals surface area contributed by atoms with Gasteiger partial charge in [0.25, 0.3) is 0 Å². The van der Waals surface area contributed by atoms with Gasteiger partial charge < -0.3 is 4.74 Å². The first-order valence-corrected chi connectivity index (χ1v) is 8.70. The lowest BCUT2D eigenvalue weighted by Gasteiger charge is -2.08. The summed E-state index contributed by atoms with van der Waals surface area (Å²) in [6.45, 7) is 5.29. The van der Waals surface area contributed by atoms with Crippen LogP contribution < -0.4 is 0 Å². The Labute approximate surface area is 161 Å². The van der Waals surface area contributed by atoms with Crippen molar-refractivity contribution in [3.05, 3.63) is 75.7 Å². The standard InChI is InChI=1S/C20H18ClN3O3/c1-12-4-6-15(7-5-12)17(25)11-27-20(26)19-16(21)8-9-18(22-19)24-14(3)10-13(2)23-24/h4-10H,11H2,1-3H3. The lowest BCUT2D eigenvalue weighted by Crippen LogP contribution is -2.16. The summed E-state index contributed by atoms with van der Waals surface area (Å²) in [6.07, 6.45) is 0. The van der Waals surface area contributed by atoms with Gasteiger partial charge in [0.1, 0.15) is 0 Å². The van der Waals surface area contributed by atoms with Crippen LogP contribution in [0.25, 0.3) is 5.82 Å². The summed E-state index contributed by atoms with van der Waals surface area (Å²) in [7, 11) is 0. The molecule has 0 saturated carbocycles. The van der Waals surface area contributed by atoms with E-state index in [2.05, 4.69) is 10.1 Å². The third kappa shape index (κ3) is 4.23. The SMILES string of the molecule is Cc1ccc(C(=O)COC(=O)c2nc(-n3nc(C)cc3C)ccc2Cl)cc1. The van der Waals surface area contributed by atoms with Gasteiger partial charge in [-0.25, -0.2) is 14.5 Å². The molecule has 0 aliphatic rings. The second-order valence-corrected chi connectivity index (χ2v) is 6.61. The van der Waals surface area contributed by atoms with E-state index in [-0.39, 0.29) is 23.1 Å². The zero-order valence-corrected chi connectivity index (χ0v) is 15.9. The summed E-state index contributed by atoms with van der Waals surface area (Å²) in [5.41, 5.74) is 3.16. The summed E-state index contributed by atoms with van der Waals surface area (Å²) < 4.78 is 6.73. The molecule has 0 fully saturated rings. The number of hydrogen-bond donors (Lipinski definition) is 0. The van der Waals surface area contributed by atoms with Crippen LogP contribution in [0.4, 0.5) is 0 Å². The minimum absolute atomic E-state index is 0.0570. The molecule has 6 nitrogen and oxygen atoms in total. The van der Waals surface area contributed by atoms with Gasteiger partial charge in [0.05, 0.1) is 10.7 Å². The molecule has 3 rings (SSSR count). The first-order chi connectivity index (χ1) is 12.8.